The molecule has 0 saturated carbocycles. The molecule has 0 atom stereocenters. The van der Waals surface area contributed by atoms with Crippen LogP contribution in [0.2, 0.25) is 0 Å². The summed E-state index contributed by atoms with van der Waals surface area (Å²) in [6.07, 6.45) is 0. The Morgan fingerprint density at radius 1 is 1.10 bits per heavy atom. The van der Waals surface area contributed by atoms with Gasteiger partial charge in [-0.15, -0.1) is 0 Å². The smallest absolute Gasteiger partial charge is 0.339 e. The van der Waals surface area contributed by atoms with Gasteiger partial charge in [-0.05, 0) is 30.3 Å². The maximum absolute atomic E-state index is 11.2. The van der Waals surface area contributed by atoms with Gasteiger partial charge in [0.25, 0.3) is 0 Å². The number of nitrogens with zero attached hydrogens (tertiary/aromatic N) is 1. The van der Waals surface area contributed by atoms with Gasteiger partial charge in [0.15, 0.2) is 0 Å². The van der Waals surface area contributed by atoms with Crippen LogP contribution in [0.4, 0.5) is 5.69 Å². The van der Waals surface area contributed by atoms with Crippen molar-refractivity contribution in [3.05, 3.63) is 61.0 Å². The van der Waals surface area contributed by atoms with Crippen LogP contribution in [0.1, 0.15) is 10.4 Å². The lowest BCUT2D eigenvalue weighted by Crippen LogP contribution is -2.01. The van der Waals surface area contributed by atoms with Crippen LogP contribution in [0.15, 0.2) is 45.3 Å². The minimum absolute atomic E-state index is 0.0242. The second-order valence-electron chi connectivity index (χ2n) is 3.92. The molecule has 0 bridgehead atoms. The van der Waals surface area contributed by atoms with E-state index in [0.717, 1.165) is 0 Å². The summed E-state index contributed by atoms with van der Waals surface area (Å²) in [4.78, 5) is 21.6. The minimum Gasteiger partial charge on any atom is -0.478 e. The molecular formula is C13H7Br2NO5. The van der Waals surface area contributed by atoms with Crippen molar-refractivity contribution in [2.24, 2.45) is 0 Å². The van der Waals surface area contributed by atoms with Gasteiger partial charge in [0.2, 0.25) is 5.75 Å². The van der Waals surface area contributed by atoms with E-state index in [-0.39, 0.29) is 22.7 Å². The van der Waals surface area contributed by atoms with E-state index in [2.05, 4.69) is 31.9 Å². The first-order valence-corrected chi connectivity index (χ1v) is 7.11. The third kappa shape index (κ3) is 3.59. The second kappa shape index (κ2) is 6.23. The van der Waals surface area contributed by atoms with Gasteiger partial charge >= 0.3 is 11.7 Å². The molecule has 0 unspecified atom stereocenters. The van der Waals surface area contributed by atoms with Crippen LogP contribution in [-0.4, -0.2) is 16.0 Å². The number of carboxylic acid groups (broad SMARTS) is 1. The molecule has 0 aromatic heterocycles. The highest BCUT2D eigenvalue weighted by Gasteiger charge is 2.19. The number of aromatic carboxylic acids is 1. The van der Waals surface area contributed by atoms with Crippen LogP contribution in [0, 0.1) is 10.1 Å². The number of ether oxygens (including phenoxy) is 1. The summed E-state index contributed by atoms with van der Waals surface area (Å²) in [7, 11) is 0. The summed E-state index contributed by atoms with van der Waals surface area (Å²) >= 11 is 6.30. The highest BCUT2D eigenvalue weighted by atomic mass is 79.9. The molecule has 0 aliphatic carbocycles. The van der Waals surface area contributed by atoms with E-state index in [1.807, 2.05) is 0 Å². The molecule has 0 amide bonds. The van der Waals surface area contributed by atoms with E-state index in [1.165, 1.54) is 24.3 Å². The number of benzene rings is 2. The van der Waals surface area contributed by atoms with Crippen molar-refractivity contribution in [3.8, 4) is 11.5 Å². The highest BCUT2D eigenvalue weighted by molar-refractivity contribution is 9.10. The van der Waals surface area contributed by atoms with Crippen LogP contribution in [0.3, 0.4) is 0 Å². The molecule has 0 spiro atoms. The van der Waals surface area contributed by atoms with Crippen molar-refractivity contribution in [2.45, 2.75) is 0 Å². The monoisotopic (exact) mass is 415 g/mol. The molecule has 0 heterocycles. The SMILES string of the molecule is O=C(O)c1cc(Br)ccc1Oc1ccc(Br)cc1[N+](=O)[O-]. The molecule has 2 aromatic carbocycles. The Bertz CT molecular complexity index is 671. The number of rotatable bonds is 4. The number of carbonyl (C=O) groups is 1. The lowest BCUT2D eigenvalue weighted by atomic mass is 10.2. The maximum Gasteiger partial charge on any atom is 0.339 e. The van der Waals surface area contributed by atoms with Crippen LogP contribution in [0.5, 0.6) is 11.5 Å². The molecule has 0 aliphatic heterocycles. The van der Waals surface area contributed by atoms with Crippen LogP contribution >= 0.6 is 31.9 Å². The van der Waals surface area contributed by atoms with E-state index < -0.39 is 10.9 Å². The van der Waals surface area contributed by atoms with Gasteiger partial charge in [-0.1, -0.05) is 31.9 Å². The van der Waals surface area contributed by atoms with E-state index in [1.54, 1.807) is 12.1 Å². The Hall–Kier alpha value is -1.93. The van der Waals surface area contributed by atoms with E-state index in [9.17, 15) is 14.9 Å². The number of halogens is 2. The molecule has 2 aromatic rings. The number of nitro groups is 1. The summed E-state index contributed by atoms with van der Waals surface area (Å²) < 4.78 is 6.50. The number of nitro benzene ring substituents is 1. The highest BCUT2D eigenvalue weighted by Crippen LogP contribution is 2.35. The first kappa shape index (κ1) is 15.5. The largest absolute Gasteiger partial charge is 0.478 e. The van der Waals surface area contributed by atoms with Gasteiger partial charge in [0.1, 0.15) is 11.3 Å². The Morgan fingerprint density at radius 3 is 2.24 bits per heavy atom. The van der Waals surface area contributed by atoms with Gasteiger partial charge in [-0.25, -0.2) is 4.79 Å². The van der Waals surface area contributed by atoms with E-state index in [4.69, 9.17) is 9.84 Å². The zero-order valence-corrected chi connectivity index (χ0v) is 13.4. The zero-order valence-electron chi connectivity index (χ0n) is 10.2. The molecule has 21 heavy (non-hydrogen) atoms. The molecule has 1 N–H and O–H groups in total. The Morgan fingerprint density at radius 2 is 1.67 bits per heavy atom. The Kier molecular flexibility index (Phi) is 4.59. The Balaban J connectivity index is 2.48. The van der Waals surface area contributed by atoms with Crippen LogP contribution in [-0.2, 0) is 0 Å². The average Bonchev–Trinajstić information content (AvgIpc) is 2.42. The van der Waals surface area contributed by atoms with Crippen molar-refractivity contribution >= 4 is 43.5 Å². The molecule has 108 valence electrons. The van der Waals surface area contributed by atoms with Gasteiger partial charge in [-0.3, -0.25) is 10.1 Å². The van der Waals surface area contributed by atoms with Crippen LogP contribution < -0.4 is 4.74 Å². The fraction of sp³-hybridized carbons (Fsp3) is 0. The fourth-order valence-corrected chi connectivity index (χ4v) is 2.31. The van der Waals surface area contributed by atoms with E-state index >= 15 is 0 Å². The molecule has 0 fully saturated rings. The van der Waals surface area contributed by atoms with Crippen molar-refractivity contribution < 1.29 is 19.6 Å². The van der Waals surface area contributed by atoms with Crippen molar-refractivity contribution in [3.63, 3.8) is 0 Å². The molecule has 0 aliphatic rings. The lowest BCUT2D eigenvalue weighted by Gasteiger charge is -2.09. The van der Waals surface area contributed by atoms with Crippen LogP contribution in [0.25, 0.3) is 0 Å². The normalized spacial score (nSPS) is 10.2. The second-order valence-corrected chi connectivity index (χ2v) is 5.75. The standard InChI is InChI=1S/C13H7Br2NO5/c14-7-1-3-11(9(5-7)13(17)18)21-12-4-2-8(15)6-10(12)16(19)20/h1-6H,(H,17,18). The molecule has 0 radical (unpaired) electrons. The van der Waals surface area contributed by atoms with Gasteiger partial charge in [-0.2, -0.15) is 0 Å². The molecule has 8 heteroatoms. The van der Waals surface area contributed by atoms with Gasteiger partial charge < -0.3 is 9.84 Å². The predicted molar refractivity (Wildman–Crippen MR) is 82.0 cm³/mol. The summed E-state index contributed by atoms with van der Waals surface area (Å²) in [6, 6.07) is 8.64. The number of hydrogen-bond donors (Lipinski definition) is 1. The Labute approximate surface area is 135 Å². The zero-order chi connectivity index (χ0) is 15.6. The van der Waals surface area contributed by atoms with Crippen molar-refractivity contribution in [2.75, 3.05) is 0 Å². The molecular weight excluding hydrogens is 410 g/mol. The van der Waals surface area contributed by atoms with Crippen molar-refractivity contribution in [1.29, 1.82) is 0 Å². The van der Waals surface area contributed by atoms with Gasteiger partial charge in [0.05, 0.1) is 4.92 Å². The van der Waals surface area contributed by atoms with E-state index in [0.29, 0.717) is 8.95 Å². The molecule has 6 nitrogen and oxygen atoms in total. The van der Waals surface area contributed by atoms with Crippen molar-refractivity contribution in [1.82, 2.24) is 0 Å². The topological polar surface area (TPSA) is 89.7 Å². The van der Waals surface area contributed by atoms with Gasteiger partial charge in [0, 0.05) is 15.0 Å². The molecule has 0 saturated heterocycles. The first-order valence-electron chi connectivity index (χ1n) is 5.53. The summed E-state index contributed by atoms with van der Waals surface area (Å²) in [5.41, 5.74) is -0.356. The number of carboxylic acids is 1. The third-order valence-electron chi connectivity index (χ3n) is 2.51. The predicted octanol–water partition coefficient (Wildman–Crippen LogP) is 4.61. The summed E-state index contributed by atoms with van der Waals surface area (Å²) in [5.74, 6) is -1.20. The first-order chi connectivity index (χ1) is 9.88. The summed E-state index contributed by atoms with van der Waals surface area (Å²) in [6.45, 7) is 0. The minimum atomic E-state index is -1.19. The quantitative estimate of drug-likeness (QED) is 0.580. The molecule has 2 rings (SSSR count). The fourth-order valence-electron chi connectivity index (χ4n) is 1.60. The maximum atomic E-state index is 11.2. The average molecular weight is 417 g/mol. The third-order valence-corrected chi connectivity index (χ3v) is 3.50. The summed E-state index contributed by atoms with van der Waals surface area (Å²) in [5, 5.41) is 20.2. The number of hydrogen-bond acceptors (Lipinski definition) is 4. The lowest BCUT2D eigenvalue weighted by molar-refractivity contribution is -0.385.